The summed E-state index contributed by atoms with van der Waals surface area (Å²) < 4.78 is 21.3. The van der Waals surface area contributed by atoms with Gasteiger partial charge in [0.15, 0.2) is 5.82 Å². The number of carboxylic acid groups (broad SMARTS) is 2. The number of hydrogen-bond donors (Lipinski definition) is 16. The molecule has 0 spiro atoms. The Labute approximate surface area is 588 Å². The monoisotopic (exact) mass is 1420 g/mol. The maximum Gasteiger partial charge on any atom is 0.318 e. The molecule has 0 saturated heterocycles. The molecule has 10 amide bonds. The minimum absolute atomic E-state index is 0.0957. The lowest BCUT2D eigenvalue weighted by Crippen LogP contribution is -2.66. The number of aromatic amines is 1. The first-order valence-corrected chi connectivity index (χ1v) is 33.0. The number of tetrazole rings is 1. The topological polar surface area (TPSA) is 510 Å². The standard InChI is InChI=1S/C69H92FN15O17/c1-9-43-31-46(102-26-13-12-25-71)23-24-47(43)44-21-19-41(20-22-44)30-50(61(94)76-49(59(72)92)18-14-15-42-28-37(2)27-38(3)29-42)77-62(95)52(33-56(90)91)75-54(88)35-74-63(96)57(39(4)86)80-66(99)69(8,34-45-16-10-11-17-48(45)70)81-64(97)58(40(5)87)79-55(89)36-73-60(93)51(32-53-82-84-85-83-53)78-65(98)68(6,7)67(100)101/h10-11,16-17,19-24,27-29,31,39-40,49-52,57-58,86-87H,9,12-15,18,25-26,30,32-36,71H2,1-8H3,(H2,72,92)(H,73,93)(H,74,96)(H,75,88)(H,76,94)(H,77,95)(H,78,98)(H,79,89)(H,80,99)(H,81,97)(H,90,91)(H,100,101)(H,82,83,84,85)/t39-,40-,49+,50+,51?,52+,57?,58+,69+/m1/s1. The number of halogens is 1. The quantitative estimate of drug-likeness (QED) is 0.0168. The lowest BCUT2D eigenvalue weighted by atomic mass is 9.90. The van der Waals surface area contributed by atoms with E-state index in [2.05, 4.69) is 68.5 Å². The van der Waals surface area contributed by atoms with Crippen molar-refractivity contribution in [3.63, 3.8) is 0 Å². The van der Waals surface area contributed by atoms with Crippen LogP contribution in [-0.4, -0.2) is 192 Å². The number of carbonyl (C=O) groups excluding carboxylic acids is 10. The van der Waals surface area contributed by atoms with Gasteiger partial charge in [-0.25, -0.2) is 4.39 Å². The lowest BCUT2D eigenvalue weighted by molar-refractivity contribution is -0.154. The van der Waals surface area contributed by atoms with Gasteiger partial charge in [0.2, 0.25) is 59.1 Å². The number of nitrogens with one attached hydrogen (secondary N) is 10. The minimum atomic E-state index is -2.34. The number of carboxylic acids is 2. The van der Waals surface area contributed by atoms with Crippen LogP contribution in [-0.2, 0) is 89.6 Å². The maximum absolute atomic E-state index is 15.4. The number of aliphatic hydroxyl groups excluding tert-OH is 2. The van der Waals surface area contributed by atoms with Gasteiger partial charge in [-0.1, -0.05) is 90.0 Å². The van der Waals surface area contributed by atoms with Crippen LogP contribution >= 0.6 is 0 Å². The zero-order valence-corrected chi connectivity index (χ0v) is 58.1. The summed E-state index contributed by atoms with van der Waals surface area (Å²) in [4.78, 5) is 162. The number of carbonyl (C=O) groups is 12. The number of ether oxygens (including phenoxy) is 1. The SMILES string of the molecule is CCc1cc(OCCCCN)ccc1-c1ccc(C[C@H](NC(=O)[C@H](CC(=O)O)NC(=O)CNC(=O)C(NC(=O)[C@](C)(Cc2ccccc2F)NC(=O)[C@@H](NC(=O)CNC(=O)C(Cc2nn[nH]n2)NC(=O)C(C)(C)C(=O)O)[C@@H](C)O)[C@@H](C)O)C(=O)N[C@@H](CCCc2cc(C)cc(C)c2)C(N)=O)cc1. The van der Waals surface area contributed by atoms with E-state index in [4.69, 9.17) is 16.2 Å². The second-order valence-corrected chi connectivity index (χ2v) is 25.5. The summed E-state index contributed by atoms with van der Waals surface area (Å²) in [6.45, 7) is 10.3. The molecule has 4 aromatic carbocycles. The number of nitrogens with zero attached hydrogens (tertiary/aromatic N) is 3. The molecule has 1 heterocycles. The van der Waals surface area contributed by atoms with Crippen molar-refractivity contribution in [3.8, 4) is 16.9 Å². The second-order valence-electron chi connectivity index (χ2n) is 25.5. The van der Waals surface area contributed by atoms with E-state index >= 15 is 4.39 Å². The number of aryl methyl sites for hydroxylation is 4. The van der Waals surface area contributed by atoms with Gasteiger partial charge in [0, 0.05) is 19.3 Å². The Morgan fingerprint density at radius 3 is 1.83 bits per heavy atom. The van der Waals surface area contributed by atoms with Crippen molar-refractivity contribution >= 4 is 71.0 Å². The van der Waals surface area contributed by atoms with Crippen molar-refractivity contribution in [2.75, 3.05) is 26.2 Å². The number of aliphatic hydroxyl groups is 2. The van der Waals surface area contributed by atoms with Gasteiger partial charge in [0.05, 0.1) is 38.3 Å². The number of unbranched alkanes of at least 4 members (excludes halogenated alkanes) is 1. The average Bonchev–Trinajstić information content (AvgIpc) is 0.843. The number of hydrogen-bond acceptors (Lipinski definition) is 19. The van der Waals surface area contributed by atoms with Crippen LogP contribution in [0.5, 0.6) is 5.75 Å². The normalized spacial score (nSPS) is 14.2. The molecule has 0 radical (unpaired) electrons. The van der Waals surface area contributed by atoms with Crippen molar-refractivity contribution in [3.05, 3.63) is 130 Å². The van der Waals surface area contributed by atoms with Gasteiger partial charge in [-0.15, -0.1) is 10.2 Å². The summed E-state index contributed by atoms with van der Waals surface area (Å²) in [6.07, 6.45) is -2.67. The van der Waals surface area contributed by atoms with E-state index in [1.807, 2.05) is 69.3 Å². The first-order chi connectivity index (χ1) is 48.1. The highest BCUT2D eigenvalue weighted by Gasteiger charge is 2.43. The third kappa shape index (κ3) is 25.1. The van der Waals surface area contributed by atoms with E-state index < -0.39 is 169 Å². The number of H-pyrrole nitrogens is 1. The predicted molar refractivity (Wildman–Crippen MR) is 366 cm³/mol. The van der Waals surface area contributed by atoms with Crippen molar-refractivity contribution in [1.82, 2.24) is 68.5 Å². The number of benzene rings is 4. The van der Waals surface area contributed by atoms with Crippen molar-refractivity contribution in [2.24, 2.45) is 16.9 Å². The second kappa shape index (κ2) is 38.7. The number of nitrogens with two attached hydrogens (primary N) is 2. The lowest BCUT2D eigenvalue weighted by Gasteiger charge is -2.34. The van der Waals surface area contributed by atoms with Crippen LogP contribution < -0.4 is 64.1 Å². The van der Waals surface area contributed by atoms with Crippen molar-refractivity contribution in [2.45, 2.75) is 174 Å². The number of aliphatic carboxylic acids is 2. The highest BCUT2D eigenvalue weighted by atomic mass is 19.1. The van der Waals surface area contributed by atoms with Gasteiger partial charge in [-0.2, -0.15) is 5.21 Å². The Morgan fingerprint density at radius 2 is 1.25 bits per heavy atom. The molecule has 552 valence electrons. The fourth-order valence-electron chi connectivity index (χ4n) is 10.7. The fraction of sp³-hybridized carbons (Fsp3) is 0.464. The molecular weight excluding hydrogens is 1330 g/mol. The van der Waals surface area contributed by atoms with Gasteiger partial charge >= 0.3 is 11.9 Å². The van der Waals surface area contributed by atoms with Crippen LogP contribution in [0.4, 0.5) is 4.39 Å². The van der Waals surface area contributed by atoms with Crippen LogP contribution in [0.3, 0.4) is 0 Å². The van der Waals surface area contributed by atoms with E-state index in [9.17, 15) is 78.0 Å². The van der Waals surface area contributed by atoms with E-state index in [0.29, 0.717) is 43.7 Å². The third-order valence-corrected chi connectivity index (χ3v) is 16.5. The molecule has 0 aliphatic heterocycles. The largest absolute Gasteiger partial charge is 0.494 e. The Kier molecular flexibility index (Phi) is 31.1. The Hall–Kier alpha value is -10.8. The molecule has 0 bridgehead atoms. The molecule has 1 aromatic heterocycles. The Bertz CT molecular complexity index is 3760. The van der Waals surface area contributed by atoms with Crippen LogP contribution in [0, 0.1) is 25.1 Å². The smallest absolute Gasteiger partial charge is 0.318 e. The molecule has 0 aliphatic carbocycles. The van der Waals surface area contributed by atoms with E-state index in [1.54, 1.807) is 12.1 Å². The highest BCUT2D eigenvalue weighted by molar-refractivity contribution is 6.03. The number of aromatic nitrogens is 4. The predicted octanol–water partition coefficient (Wildman–Crippen LogP) is -0.798. The first kappa shape index (κ1) is 81.9. The van der Waals surface area contributed by atoms with Crippen LogP contribution in [0.2, 0.25) is 0 Å². The first-order valence-electron chi connectivity index (χ1n) is 33.0. The van der Waals surface area contributed by atoms with Crippen molar-refractivity contribution in [1.29, 1.82) is 0 Å². The van der Waals surface area contributed by atoms with E-state index in [0.717, 1.165) is 86.9 Å². The van der Waals surface area contributed by atoms with Crippen LogP contribution in [0.25, 0.3) is 11.1 Å². The number of amides is 10. The van der Waals surface area contributed by atoms with Gasteiger partial charge in [0.1, 0.15) is 58.8 Å². The molecule has 32 nitrogen and oxygen atoms in total. The molecule has 18 N–H and O–H groups in total. The molecule has 0 saturated carbocycles. The molecule has 33 heteroatoms. The third-order valence-electron chi connectivity index (χ3n) is 16.5. The molecule has 5 aromatic rings. The summed E-state index contributed by atoms with van der Waals surface area (Å²) in [7, 11) is 0. The molecule has 5 rings (SSSR count). The zero-order chi connectivity index (χ0) is 75.6. The van der Waals surface area contributed by atoms with Crippen LogP contribution in [0.1, 0.15) is 113 Å². The highest BCUT2D eigenvalue weighted by Crippen LogP contribution is 2.29. The fourth-order valence-corrected chi connectivity index (χ4v) is 10.7. The molecular formula is C69H92FN15O17. The van der Waals surface area contributed by atoms with Gasteiger partial charge in [0.25, 0.3) is 0 Å². The van der Waals surface area contributed by atoms with Gasteiger partial charge < -0.3 is 84.5 Å². The summed E-state index contributed by atoms with van der Waals surface area (Å²) in [6, 6.07) is 13.6. The minimum Gasteiger partial charge on any atom is -0.494 e. The summed E-state index contributed by atoms with van der Waals surface area (Å²) in [5.41, 5.74) is 13.2. The van der Waals surface area contributed by atoms with Gasteiger partial charge in [-0.3, -0.25) is 57.5 Å². The number of rotatable bonds is 41. The average molecular weight is 1420 g/mol. The molecule has 102 heavy (non-hydrogen) atoms. The van der Waals surface area contributed by atoms with Crippen LogP contribution in [0.15, 0.2) is 84.9 Å². The molecule has 0 fully saturated rings. The van der Waals surface area contributed by atoms with E-state index in [-0.39, 0.29) is 24.2 Å². The molecule has 2 unspecified atom stereocenters. The molecule has 9 atom stereocenters. The van der Waals surface area contributed by atoms with Gasteiger partial charge in [-0.05, 0) is 145 Å². The van der Waals surface area contributed by atoms with E-state index in [1.165, 1.54) is 18.2 Å². The van der Waals surface area contributed by atoms with Crippen molar-refractivity contribution < 1.29 is 87.1 Å². The number of primary amides is 1. The Balaban J connectivity index is 1.32. The molecule has 0 aliphatic rings. The maximum atomic E-state index is 15.4. The summed E-state index contributed by atoms with van der Waals surface area (Å²) in [5.74, 6) is -14.6. The summed E-state index contributed by atoms with van der Waals surface area (Å²) >= 11 is 0. The zero-order valence-electron chi connectivity index (χ0n) is 58.1. The summed E-state index contributed by atoms with van der Waals surface area (Å²) in [5, 5.41) is 75.2. The Morgan fingerprint density at radius 1 is 0.637 bits per heavy atom.